The van der Waals surface area contributed by atoms with Gasteiger partial charge < -0.3 is 14.6 Å². The smallest absolute Gasteiger partial charge is 0.263 e. The fourth-order valence-corrected chi connectivity index (χ4v) is 6.17. The van der Waals surface area contributed by atoms with Crippen LogP contribution in [0.15, 0.2) is 57.0 Å². The Kier molecular flexibility index (Phi) is 6.48. The second-order valence-electron chi connectivity index (χ2n) is 8.44. The minimum absolute atomic E-state index is 0.0205. The number of amides is 2. The summed E-state index contributed by atoms with van der Waals surface area (Å²) in [4.78, 5) is 46.4. The van der Waals surface area contributed by atoms with Gasteiger partial charge in [-0.1, -0.05) is 29.5 Å². The van der Waals surface area contributed by atoms with Crippen LogP contribution in [-0.2, 0) is 29.1 Å². The zero-order valence-electron chi connectivity index (χ0n) is 19.4. The maximum Gasteiger partial charge on any atom is 0.263 e. The molecule has 8 nitrogen and oxygen atoms in total. The lowest BCUT2D eigenvalue weighted by Gasteiger charge is -2.25. The van der Waals surface area contributed by atoms with Gasteiger partial charge in [-0.25, -0.2) is 4.98 Å². The third-order valence-corrected chi connectivity index (χ3v) is 8.02. The number of carbonyl (C=O) groups is 2. The maximum absolute atomic E-state index is 13.7. The lowest BCUT2D eigenvalue weighted by atomic mass is 10.1. The van der Waals surface area contributed by atoms with E-state index in [2.05, 4.69) is 5.32 Å². The van der Waals surface area contributed by atoms with Crippen LogP contribution in [0.4, 0.5) is 5.69 Å². The third-order valence-electron chi connectivity index (χ3n) is 5.93. The van der Waals surface area contributed by atoms with Gasteiger partial charge in [-0.05, 0) is 43.2 Å². The number of anilines is 1. The SMILES string of the molecule is CC(=O)N1CCc2c(sc3nc(SCC(=O)Nc4ccc(C)cc4)n(Cc4ccco4)c(=O)c23)C1. The number of hydrogen-bond donors (Lipinski definition) is 1. The number of nitrogens with one attached hydrogen (secondary N) is 1. The molecule has 1 aliphatic heterocycles. The van der Waals surface area contributed by atoms with Crippen molar-refractivity contribution in [1.29, 1.82) is 0 Å². The monoisotopic (exact) mass is 508 g/mol. The van der Waals surface area contributed by atoms with Gasteiger partial charge in [-0.2, -0.15) is 0 Å². The van der Waals surface area contributed by atoms with Gasteiger partial charge in [0.05, 0.1) is 30.5 Å². The Morgan fingerprint density at radius 3 is 2.74 bits per heavy atom. The van der Waals surface area contributed by atoms with E-state index in [1.807, 2.05) is 37.3 Å². The molecule has 4 aromatic rings. The molecule has 1 aliphatic rings. The number of fused-ring (bicyclic) bond motifs is 3. The first kappa shape index (κ1) is 23.4. The number of thioether (sulfide) groups is 1. The Labute approximate surface area is 210 Å². The first-order valence-electron chi connectivity index (χ1n) is 11.2. The van der Waals surface area contributed by atoms with Crippen LogP contribution < -0.4 is 10.9 Å². The lowest BCUT2D eigenvalue weighted by molar-refractivity contribution is -0.129. The predicted octanol–water partition coefficient (Wildman–Crippen LogP) is 4.04. The van der Waals surface area contributed by atoms with Crippen molar-refractivity contribution in [2.75, 3.05) is 17.6 Å². The van der Waals surface area contributed by atoms with Crippen LogP contribution >= 0.6 is 23.1 Å². The highest BCUT2D eigenvalue weighted by atomic mass is 32.2. The summed E-state index contributed by atoms with van der Waals surface area (Å²) in [5, 5.41) is 3.95. The molecule has 3 aromatic heterocycles. The molecule has 1 aromatic carbocycles. The molecular formula is C25H24N4O4S2. The molecule has 0 saturated heterocycles. The van der Waals surface area contributed by atoms with Crippen molar-refractivity contribution in [3.8, 4) is 0 Å². The van der Waals surface area contributed by atoms with Gasteiger partial charge in [-0.3, -0.25) is 19.0 Å². The molecule has 0 radical (unpaired) electrons. The number of nitrogens with zero attached hydrogens (tertiary/aromatic N) is 3. The second kappa shape index (κ2) is 9.71. The van der Waals surface area contributed by atoms with Crippen molar-refractivity contribution in [3.63, 3.8) is 0 Å². The van der Waals surface area contributed by atoms with Crippen molar-refractivity contribution < 1.29 is 14.0 Å². The average Bonchev–Trinajstić information content (AvgIpc) is 3.48. The van der Waals surface area contributed by atoms with E-state index in [0.29, 0.717) is 40.6 Å². The highest BCUT2D eigenvalue weighted by molar-refractivity contribution is 7.99. The fourth-order valence-electron chi connectivity index (χ4n) is 4.10. The van der Waals surface area contributed by atoms with Crippen LogP contribution in [0.1, 0.15) is 28.7 Å². The van der Waals surface area contributed by atoms with Gasteiger partial charge in [0.1, 0.15) is 10.6 Å². The summed E-state index contributed by atoms with van der Waals surface area (Å²) in [6.07, 6.45) is 2.19. The highest BCUT2D eigenvalue weighted by Crippen LogP contribution is 2.34. The van der Waals surface area contributed by atoms with Crippen molar-refractivity contribution in [2.24, 2.45) is 0 Å². The van der Waals surface area contributed by atoms with Crippen LogP contribution in [0.5, 0.6) is 0 Å². The molecule has 0 fully saturated rings. The zero-order chi connectivity index (χ0) is 24.5. The third kappa shape index (κ3) is 4.89. The second-order valence-corrected chi connectivity index (χ2v) is 10.5. The van der Waals surface area contributed by atoms with Crippen molar-refractivity contribution in [2.45, 2.75) is 38.5 Å². The largest absolute Gasteiger partial charge is 0.467 e. The molecule has 0 aliphatic carbocycles. The van der Waals surface area contributed by atoms with Crippen LogP contribution in [0.3, 0.4) is 0 Å². The van der Waals surface area contributed by atoms with E-state index in [9.17, 15) is 14.4 Å². The van der Waals surface area contributed by atoms with Gasteiger partial charge in [0.2, 0.25) is 11.8 Å². The van der Waals surface area contributed by atoms with Crippen LogP contribution in [-0.4, -0.2) is 38.6 Å². The highest BCUT2D eigenvalue weighted by Gasteiger charge is 2.26. The van der Waals surface area contributed by atoms with Crippen molar-refractivity contribution in [1.82, 2.24) is 14.5 Å². The van der Waals surface area contributed by atoms with Gasteiger partial charge in [-0.15, -0.1) is 11.3 Å². The number of thiophene rings is 1. The Hall–Kier alpha value is -3.37. The topological polar surface area (TPSA) is 97.4 Å². The van der Waals surface area contributed by atoms with Gasteiger partial charge in [0, 0.05) is 24.0 Å². The first-order chi connectivity index (χ1) is 16.9. The Morgan fingerprint density at radius 2 is 2.03 bits per heavy atom. The van der Waals surface area contributed by atoms with Crippen molar-refractivity contribution >= 4 is 50.8 Å². The van der Waals surface area contributed by atoms with E-state index in [1.165, 1.54) is 23.1 Å². The lowest BCUT2D eigenvalue weighted by Crippen LogP contribution is -2.34. The summed E-state index contributed by atoms with van der Waals surface area (Å²) in [5.41, 5.74) is 2.66. The summed E-state index contributed by atoms with van der Waals surface area (Å²) < 4.78 is 7.07. The summed E-state index contributed by atoms with van der Waals surface area (Å²) in [5.74, 6) is 0.575. The summed E-state index contributed by atoms with van der Waals surface area (Å²) >= 11 is 2.67. The van der Waals surface area contributed by atoms with Crippen LogP contribution in [0.2, 0.25) is 0 Å². The van der Waals surface area contributed by atoms with E-state index in [4.69, 9.17) is 9.40 Å². The Balaban J connectivity index is 1.46. The van der Waals surface area contributed by atoms with E-state index in [0.717, 1.165) is 21.7 Å². The van der Waals surface area contributed by atoms with Gasteiger partial charge >= 0.3 is 0 Å². The number of benzene rings is 1. The number of aryl methyl sites for hydroxylation is 1. The van der Waals surface area contributed by atoms with Crippen LogP contribution in [0, 0.1) is 6.92 Å². The van der Waals surface area contributed by atoms with Gasteiger partial charge in [0.25, 0.3) is 5.56 Å². The molecule has 10 heteroatoms. The molecule has 0 bridgehead atoms. The van der Waals surface area contributed by atoms with E-state index in [-0.39, 0.29) is 29.7 Å². The minimum atomic E-state index is -0.180. The number of aromatic nitrogens is 2. The molecule has 2 amide bonds. The predicted molar refractivity (Wildman–Crippen MR) is 137 cm³/mol. The molecule has 180 valence electrons. The summed E-state index contributed by atoms with van der Waals surface area (Å²) in [6, 6.07) is 11.2. The van der Waals surface area contributed by atoms with Crippen LogP contribution in [0.25, 0.3) is 10.2 Å². The normalized spacial score (nSPS) is 13.1. The quantitative estimate of drug-likeness (QED) is 0.312. The standard InChI is InChI=1S/C25H24N4O4S2/c1-15-5-7-17(8-6-15)26-21(31)14-34-25-27-23-22(24(32)29(25)12-18-4-3-11-33-18)19-9-10-28(16(2)30)13-20(19)35-23/h3-8,11H,9-10,12-14H2,1-2H3,(H,26,31). The molecule has 0 atom stereocenters. The van der Waals surface area contributed by atoms with E-state index < -0.39 is 0 Å². The first-order valence-corrected chi connectivity index (χ1v) is 13.0. The molecule has 0 unspecified atom stereocenters. The fraction of sp³-hybridized carbons (Fsp3) is 0.280. The molecule has 1 N–H and O–H groups in total. The molecule has 0 spiro atoms. The van der Waals surface area contributed by atoms with Gasteiger partial charge in [0.15, 0.2) is 5.16 Å². The molecule has 4 heterocycles. The number of hydrogen-bond acceptors (Lipinski definition) is 7. The summed E-state index contributed by atoms with van der Waals surface area (Å²) in [7, 11) is 0. The zero-order valence-corrected chi connectivity index (χ0v) is 21.0. The number of carbonyl (C=O) groups excluding carboxylic acids is 2. The molecule has 5 rings (SSSR count). The Morgan fingerprint density at radius 1 is 1.23 bits per heavy atom. The van der Waals surface area contributed by atoms with Crippen molar-refractivity contribution in [3.05, 3.63) is 74.8 Å². The molecular weight excluding hydrogens is 484 g/mol. The van der Waals surface area contributed by atoms with E-state index in [1.54, 1.807) is 28.7 Å². The average molecular weight is 509 g/mol. The summed E-state index contributed by atoms with van der Waals surface area (Å²) in [6.45, 7) is 4.85. The van der Waals surface area contributed by atoms with E-state index >= 15 is 0 Å². The maximum atomic E-state index is 13.7. The number of rotatable bonds is 6. The molecule has 0 saturated carbocycles. The Bertz CT molecular complexity index is 1460. The molecule has 35 heavy (non-hydrogen) atoms. The number of furan rings is 1. The minimum Gasteiger partial charge on any atom is -0.467 e.